The third-order valence-corrected chi connectivity index (χ3v) is 9.64. The van der Waals surface area contributed by atoms with E-state index in [-0.39, 0.29) is 54.1 Å². The topological polar surface area (TPSA) is 203 Å². The lowest BCUT2D eigenvalue weighted by Crippen LogP contribution is -2.65. The average molecular weight is 679 g/mol. The number of likely N-dealkylation sites (N-methyl/N-ethyl adjacent to an activating group) is 1. The minimum absolute atomic E-state index is 0.0252. The van der Waals surface area contributed by atoms with Gasteiger partial charge in [-0.25, -0.2) is 4.79 Å². The second-order valence-corrected chi connectivity index (χ2v) is 13.1. The maximum atomic E-state index is 14.3. The molecule has 2 amide bonds. The Hall–Kier alpha value is -5.08. The van der Waals surface area contributed by atoms with Crippen molar-refractivity contribution in [2.24, 2.45) is 17.6 Å². The Bertz CT molecular complexity index is 1780. The van der Waals surface area contributed by atoms with Gasteiger partial charge >= 0.3 is 6.09 Å². The number of aliphatic hydroxyl groups is 3. The largest absolute Gasteiger partial charge is 0.508 e. The van der Waals surface area contributed by atoms with Crippen molar-refractivity contribution in [1.29, 1.82) is 0 Å². The molecule has 0 saturated heterocycles. The maximum absolute atomic E-state index is 14.3. The van der Waals surface area contributed by atoms with Crippen LogP contribution in [0.1, 0.15) is 36.5 Å². The molecule has 0 aromatic heterocycles. The number of Topliss-reactive ketones (excluding diaryl/α,β-unsaturated/α-hetero) is 2. The summed E-state index contributed by atoms with van der Waals surface area (Å²) in [4.78, 5) is 57.8. The molecule has 5 rings (SSSR count). The quantitative estimate of drug-likeness (QED) is 0.243. The van der Waals surface area contributed by atoms with Gasteiger partial charge in [0.15, 0.2) is 11.4 Å². The molecule has 14 nitrogen and oxygen atoms in total. The molecule has 262 valence electrons. The number of amides is 2. The Morgan fingerprint density at radius 1 is 1.04 bits per heavy atom. The van der Waals surface area contributed by atoms with Crippen molar-refractivity contribution < 1.29 is 49.1 Å². The number of carbonyl (C=O) groups is 4. The first-order chi connectivity index (χ1) is 23.1. The number of phenols is 1. The summed E-state index contributed by atoms with van der Waals surface area (Å²) in [5.41, 5.74) is 2.85. The molecule has 0 unspecified atom stereocenters. The summed E-state index contributed by atoms with van der Waals surface area (Å²) in [6.07, 6.45) is -0.00387. The van der Waals surface area contributed by atoms with Crippen LogP contribution in [0.5, 0.6) is 17.2 Å². The van der Waals surface area contributed by atoms with E-state index < -0.39 is 64.1 Å². The normalized spacial score (nSPS) is 23.1. The number of benzene rings is 2. The summed E-state index contributed by atoms with van der Waals surface area (Å²) in [5, 5.41) is 46.5. The minimum Gasteiger partial charge on any atom is -0.508 e. The van der Waals surface area contributed by atoms with Gasteiger partial charge in [-0.1, -0.05) is 6.92 Å². The second-order valence-electron chi connectivity index (χ2n) is 13.1. The van der Waals surface area contributed by atoms with Gasteiger partial charge in [0, 0.05) is 43.4 Å². The van der Waals surface area contributed by atoms with Gasteiger partial charge < -0.3 is 45.4 Å². The monoisotopic (exact) mass is 678 g/mol. The highest BCUT2D eigenvalue weighted by atomic mass is 16.6. The van der Waals surface area contributed by atoms with Crippen molar-refractivity contribution in [3.05, 3.63) is 63.9 Å². The predicted octanol–water partition coefficient (Wildman–Crippen LogP) is 2.45. The molecular weight excluding hydrogens is 636 g/mol. The number of anilines is 1. The van der Waals surface area contributed by atoms with Crippen molar-refractivity contribution in [1.82, 2.24) is 9.80 Å². The third kappa shape index (κ3) is 5.74. The predicted molar refractivity (Wildman–Crippen MR) is 178 cm³/mol. The van der Waals surface area contributed by atoms with Gasteiger partial charge in [-0.2, -0.15) is 0 Å². The van der Waals surface area contributed by atoms with Crippen molar-refractivity contribution in [3.63, 3.8) is 0 Å². The van der Waals surface area contributed by atoms with E-state index in [1.54, 1.807) is 63.4 Å². The first kappa shape index (κ1) is 35.2. The van der Waals surface area contributed by atoms with E-state index in [0.717, 1.165) is 0 Å². The van der Waals surface area contributed by atoms with E-state index >= 15 is 0 Å². The molecule has 6 N–H and O–H groups in total. The SMILES string of the molecule is CCCN(Cc1cc(N(C)C)c2c(c1O)C(O)=C1C(=O)[C@]3(O)C(O)=C(C(N)=O)C(=O)[C@@H](N(C)C)[C@@H]3C[C@@H]1C2)C(=O)Oc1ccc(OC)cc1. The highest BCUT2D eigenvalue weighted by Gasteiger charge is 2.64. The van der Waals surface area contributed by atoms with Crippen LogP contribution in [0.25, 0.3) is 5.76 Å². The summed E-state index contributed by atoms with van der Waals surface area (Å²) < 4.78 is 10.7. The van der Waals surface area contributed by atoms with E-state index in [4.69, 9.17) is 15.2 Å². The first-order valence-corrected chi connectivity index (χ1v) is 15.9. The highest BCUT2D eigenvalue weighted by Crippen LogP contribution is 2.54. The van der Waals surface area contributed by atoms with Gasteiger partial charge in [-0.3, -0.25) is 19.3 Å². The van der Waals surface area contributed by atoms with E-state index in [2.05, 4.69) is 0 Å². The van der Waals surface area contributed by atoms with Crippen LogP contribution in [0.15, 0.2) is 47.2 Å². The number of phenolic OH excluding ortho intramolecular Hbond substituents is 1. The Morgan fingerprint density at radius 2 is 1.67 bits per heavy atom. The standard InChI is InChI=1S/C35H42N4O10/c1-7-12-39(34(46)49-20-10-8-19(48-6)9-11-20)16-18-15-23(37(2)3)21-13-17-14-22-27(38(4)5)30(42)26(33(36)45)32(44)35(22,47)31(43)24(17)29(41)25(21)28(18)40/h8-11,15,17,22,27,40-41,44,47H,7,12-14,16H2,1-6H3,(H2,36,45)/t17-,22-,27-,35-/m0/s1. The number of hydrogen-bond acceptors (Lipinski definition) is 12. The lowest BCUT2D eigenvalue weighted by Gasteiger charge is -2.50. The van der Waals surface area contributed by atoms with Gasteiger partial charge in [0.25, 0.3) is 5.91 Å². The maximum Gasteiger partial charge on any atom is 0.415 e. The van der Waals surface area contributed by atoms with Gasteiger partial charge in [0.2, 0.25) is 5.78 Å². The molecule has 3 aliphatic carbocycles. The summed E-state index contributed by atoms with van der Waals surface area (Å²) in [6, 6.07) is 7.00. The number of nitrogens with two attached hydrogens (primary N) is 1. The smallest absolute Gasteiger partial charge is 0.415 e. The Morgan fingerprint density at radius 3 is 2.22 bits per heavy atom. The van der Waals surface area contributed by atoms with Crippen LogP contribution in [-0.4, -0.2) is 107 Å². The van der Waals surface area contributed by atoms with Gasteiger partial charge in [0.05, 0.1) is 25.3 Å². The van der Waals surface area contributed by atoms with Crippen molar-refractivity contribution in [2.75, 3.05) is 46.7 Å². The number of ketones is 2. The molecular formula is C35H42N4O10. The second kappa shape index (κ2) is 13.1. The number of aromatic hydroxyl groups is 1. The van der Waals surface area contributed by atoms with Crippen LogP contribution >= 0.6 is 0 Å². The van der Waals surface area contributed by atoms with Crippen LogP contribution in [0, 0.1) is 11.8 Å². The lowest BCUT2D eigenvalue weighted by atomic mass is 9.57. The molecule has 2 aromatic rings. The fraction of sp³-hybridized carbons (Fsp3) is 0.429. The molecule has 0 radical (unpaired) electrons. The van der Waals surface area contributed by atoms with Gasteiger partial charge in [-0.15, -0.1) is 0 Å². The molecule has 0 bridgehead atoms. The number of rotatable bonds is 9. The van der Waals surface area contributed by atoms with E-state index in [1.807, 2.05) is 6.92 Å². The Kier molecular flexibility index (Phi) is 9.41. The average Bonchev–Trinajstić information content (AvgIpc) is 3.03. The molecule has 49 heavy (non-hydrogen) atoms. The summed E-state index contributed by atoms with van der Waals surface area (Å²) in [5.74, 6) is -6.38. The number of primary amides is 1. The first-order valence-electron chi connectivity index (χ1n) is 15.9. The number of ether oxygens (including phenoxy) is 2. The minimum atomic E-state index is -2.74. The molecule has 4 atom stereocenters. The molecule has 0 heterocycles. The fourth-order valence-corrected chi connectivity index (χ4v) is 7.39. The summed E-state index contributed by atoms with van der Waals surface area (Å²) >= 11 is 0. The lowest BCUT2D eigenvalue weighted by molar-refractivity contribution is -0.153. The molecule has 1 fully saturated rings. The molecule has 2 aromatic carbocycles. The molecule has 0 spiro atoms. The van der Waals surface area contributed by atoms with Gasteiger partial charge in [-0.05, 0) is 75.2 Å². The van der Waals surface area contributed by atoms with Crippen LogP contribution in [-0.2, 0) is 27.3 Å². The van der Waals surface area contributed by atoms with E-state index in [9.17, 15) is 39.6 Å². The van der Waals surface area contributed by atoms with Crippen LogP contribution < -0.4 is 20.1 Å². The summed E-state index contributed by atoms with van der Waals surface area (Å²) in [7, 11) is 8.16. The van der Waals surface area contributed by atoms with E-state index in [0.29, 0.717) is 23.4 Å². The number of aliphatic hydroxyl groups excluding tert-OH is 2. The van der Waals surface area contributed by atoms with Crippen molar-refractivity contribution in [2.45, 2.75) is 44.4 Å². The zero-order valence-electron chi connectivity index (χ0n) is 28.3. The zero-order valence-corrected chi connectivity index (χ0v) is 28.3. The molecule has 0 aliphatic heterocycles. The number of nitrogens with zero attached hydrogens (tertiary/aromatic N) is 3. The van der Waals surface area contributed by atoms with Crippen molar-refractivity contribution >= 4 is 35.0 Å². The molecule has 14 heteroatoms. The zero-order chi connectivity index (χ0) is 36.1. The number of methoxy groups -OCH3 is 1. The molecule has 3 aliphatic rings. The summed E-state index contributed by atoms with van der Waals surface area (Å²) in [6.45, 7) is 2.03. The number of fused-ring (bicyclic) bond motifs is 3. The van der Waals surface area contributed by atoms with E-state index in [1.165, 1.54) is 16.9 Å². The Balaban J connectivity index is 1.60. The van der Waals surface area contributed by atoms with Crippen molar-refractivity contribution in [3.8, 4) is 17.2 Å². The van der Waals surface area contributed by atoms with Crippen LogP contribution in [0.3, 0.4) is 0 Å². The number of hydrogen-bond donors (Lipinski definition) is 5. The van der Waals surface area contributed by atoms with Crippen LogP contribution in [0.4, 0.5) is 10.5 Å². The van der Waals surface area contributed by atoms with Crippen LogP contribution in [0.2, 0.25) is 0 Å². The van der Waals surface area contributed by atoms with Gasteiger partial charge in [0.1, 0.15) is 34.3 Å². The number of carbonyl (C=O) groups excluding carboxylic acids is 4. The fourth-order valence-electron chi connectivity index (χ4n) is 7.39. The molecule has 1 saturated carbocycles. The highest BCUT2D eigenvalue weighted by molar-refractivity contribution is 6.24. The third-order valence-electron chi connectivity index (χ3n) is 9.64. The Labute approximate surface area is 283 Å².